The van der Waals surface area contributed by atoms with Gasteiger partial charge in [-0.2, -0.15) is 0 Å². The quantitative estimate of drug-likeness (QED) is 0.661. The predicted molar refractivity (Wildman–Crippen MR) is 52.3 cm³/mol. The molecule has 0 fully saturated rings. The minimum atomic E-state index is 0. The molecule has 2 nitrogen and oxygen atoms in total. The first-order valence-corrected chi connectivity index (χ1v) is 3.86. The molecule has 0 saturated carbocycles. The number of rotatable bonds is 0. The minimum absolute atomic E-state index is 0. The van der Waals surface area contributed by atoms with Gasteiger partial charge in [-0.1, -0.05) is 11.6 Å². The summed E-state index contributed by atoms with van der Waals surface area (Å²) in [5.74, 6) is 0.814. The van der Waals surface area contributed by atoms with Crippen molar-refractivity contribution in [1.82, 2.24) is 0 Å². The van der Waals surface area contributed by atoms with Gasteiger partial charge < -0.3 is 10.5 Å². The number of hydrogen-bond acceptors (Lipinski definition) is 2. The number of hydrogen-bond donors (Lipinski definition) is 1. The van der Waals surface area contributed by atoms with Crippen molar-refractivity contribution in [2.75, 3.05) is 12.3 Å². The molecule has 0 unspecified atom stereocenters. The van der Waals surface area contributed by atoms with Crippen LogP contribution in [0.15, 0.2) is 12.1 Å². The van der Waals surface area contributed by atoms with Gasteiger partial charge in [-0.05, 0) is 12.1 Å². The first kappa shape index (κ1) is 9.49. The third-order valence-electron chi connectivity index (χ3n) is 1.78. The molecular formula is C8H9Cl2NO. The van der Waals surface area contributed by atoms with E-state index in [2.05, 4.69) is 0 Å². The third-order valence-corrected chi connectivity index (χ3v) is 2.00. The van der Waals surface area contributed by atoms with Crippen LogP contribution in [-0.4, -0.2) is 6.61 Å². The highest BCUT2D eigenvalue weighted by molar-refractivity contribution is 6.31. The fraction of sp³-hybridized carbons (Fsp3) is 0.250. The second kappa shape index (κ2) is 3.42. The predicted octanol–water partition coefficient (Wildman–Crippen LogP) is 2.28. The standard InChI is InChI=1S/C8H8ClNO.ClH/c9-6-3-5-1-2-11-8(5)7(10)4-6;/h3-4H,1-2,10H2;1H. The van der Waals surface area contributed by atoms with Gasteiger partial charge in [0.1, 0.15) is 5.75 Å². The Bertz CT molecular complexity index is 301. The highest BCUT2D eigenvalue weighted by Gasteiger charge is 2.15. The summed E-state index contributed by atoms with van der Waals surface area (Å²) in [5.41, 5.74) is 7.43. The first-order valence-electron chi connectivity index (χ1n) is 3.48. The zero-order valence-electron chi connectivity index (χ0n) is 6.34. The van der Waals surface area contributed by atoms with Crippen LogP contribution in [0, 0.1) is 0 Å². The Balaban J connectivity index is 0.000000720. The summed E-state index contributed by atoms with van der Waals surface area (Å²) in [6.45, 7) is 0.722. The summed E-state index contributed by atoms with van der Waals surface area (Å²) >= 11 is 5.79. The molecule has 1 aliphatic heterocycles. The summed E-state index contributed by atoms with van der Waals surface area (Å²) in [6, 6.07) is 3.62. The second-order valence-corrected chi connectivity index (χ2v) is 3.02. The molecule has 0 aromatic heterocycles. The summed E-state index contributed by atoms with van der Waals surface area (Å²) in [4.78, 5) is 0. The molecule has 2 rings (SSSR count). The van der Waals surface area contributed by atoms with E-state index in [4.69, 9.17) is 22.1 Å². The Morgan fingerprint density at radius 1 is 1.42 bits per heavy atom. The zero-order chi connectivity index (χ0) is 7.84. The van der Waals surface area contributed by atoms with Gasteiger partial charge in [-0.25, -0.2) is 0 Å². The number of nitrogens with two attached hydrogens (primary N) is 1. The number of anilines is 1. The van der Waals surface area contributed by atoms with E-state index in [9.17, 15) is 0 Å². The van der Waals surface area contributed by atoms with Gasteiger partial charge in [-0.3, -0.25) is 0 Å². The number of nitrogen functional groups attached to an aromatic ring is 1. The van der Waals surface area contributed by atoms with Crippen LogP contribution >= 0.6 is 24.0 Å². The highest BCUT2D eigenvalue weighted by Crippen LogP contribution is 2.34. The van der Waals surface area contributed by atoms with Crippen LogP contribution in [0.2, 0.25) is 5.02 Å². The molecule has 4 heteroatoms. The molecule has 0 atom stereocenters. The number of benzene rings is 1. The van der Waals surface area contributed by atoms with Crippen molar-refractivity contribution < 1.29 is 4.74 Å². The van der Waals surface area contributed by atoms with Crippen LogP contribution < -0.4 is 10.5 Å². The van der Waals surface area contributed by atoms with Gasteiger partial charge in [-0.15, -0.1) is 12.4 Å². The number of fused-ring (bicyclic) bond motifs is 1. The average Bonchev–Trinajstić information content (AvgIpc) is 2.34. The van der Waals surface area contributed by atoms with E-state index in [-0.39, 0.29) is 12.4 Å². The highest BCUT2D eigenvalue weighted by atomic mass is 35.5. The molecule has 1 aromatic rings. The largest absolute Gasteiger partial charge is 0.491 e. The Morgan fingerprint density at radius 3 is 2.92 bits per heavy atom. The summed E-state index contributed by atoms with van der Waals surface area (Å²) in [7, 11) is 0. The van der Waals surface area contributed by atoms with Gasteiger partial charge in [0, 0.05) is 17.0 Å². The van der Waals surface area contributed by atoms with Gasteiger partial charge in [0.15, 0.2) is 0 Å². The van der Waals surface area contributed by atoms with Crippen molar-refractivity contribution in [2.24, 2.45) is 0 Å². The van der Waals surface area contributed by atoms with Crippen LogP contribution in [-0.2, 0) is 6.42 Å². The van der Waals surface area contributed by atoms with Crippen LogP contribution in [0.3, 0.4) is 0 Å². The lowest BCUT2D eigenvalue weighted by molar-refractivity contribution is 0.358. The molecule has 0 aliphatic carbocycles. The van der Waals surface area contributed by atoms with Crippen molar-refractivity contribution in [1.29, 1.82) is 0 Å². The van der Waals surface area contributed by atoms with Crippen molar-refractivity contribution in [2.45, 2.75) is 6.42 Å². The fourth-order valence-electron chi connectivity index (χ4n) is 1.30. The van der Waals surface area contributed by atoms with Crippen LogP contribution in [0.25, 0.3) is 0 Å². The maximum absolute atomic E-state index is 5.79. The van der Waals surface area contributed by atoms with Gasteiger partial charge in [0.2, 0.25) is 0 Å². The Labute approximate surface area is 82.1 Å². The van der Waals surface area contributed by atoms with Crippen molar-refractivity contribution >= 4 is 29.7 Å². The monoisotopic (exact) mass is 205 g/mol. The molecule has 0 spiro atoms. The van der Waals surface area contributed by atoms with Crippen molar-refractivity contribution in [3.8, 4) is 5.75 Å². The van der Waals surface area contributed by atoms with E-state index in [1.165, 1.54) is 0 Å². The Hall–Kier alpha value is -0.600. The lowest BCUT2D eigenvalue weighted by atomic mass is 10.1. The maximum atomic E-state index is 5.79. The lowest BCUT2D eigenvalue weighted by Crippen LogP contribution is -1.91. The molecule has 0 amide bonds. The zero-order valence-corrected chi connectivity index (χ0v) is 7.91. The number of halogens is 2. The molecule has 2 N–H and O–H groups in total. The average molecular weight is 206 g/mol. The second-order valence-electron chi connectivity index (χ2n) is 2.58. The topological polar surface area (TPSA) is 35.2 Å². The third kappa shape index (κ3) is 1.45. The molecule has 1 aliphatic rings. The van der Waals surface area contributed by atoms with Crippen molar-refractivity contribution in [3.05, 3.63) is 22.7 Å². The van der Waals surface area contributed by atoms with Crippen LogP contribution in [0.5, 0.6) is 5.75 Å². The molecular weight excluding hydrogens is 197 g/mol. The SMILES string of the molecule is Cl.Nc1cc(Cl)cc2c1OCC2. The van der Waals surface area contributed by atoms with Crippen LogP contribution in [0.4, 0.5) is 5.69 Å². The van der Waals surface area contributed by atoms with Gasteiger partial charge >= 0.3 is 0 Å². The molecule has 0 bridgehead atoms. The van der Waals surface area contributed by atoms with E-state index in [0.717, 1.165) is 24.3 Å². The minimum Gasteiger partial charge on any atom is -0.491 e. The summed E-state index contributed by atoms with van der Waals surface area (Å²) < 4.78 is 5.30. The van der Waals surface area contributed by atoms with Crippen LogP contribution in [0.1, 0.15) is 5.56 Å². The molecule has 0 saturated heterocycles. The van der Waals surface area contributed by atoms with E-state index in [1.54, 1.807) is 6.07 Å². The van der Waals surface area contributed by atoms with E-state index in [0.29, 0.717) is 10.7 Å². The van der Waals surface area contributed by atoms with Gasteiger partial charge in [0.25, 0.3) is 0 Å². The Morgan fingerprint density at radius 2 is 2.17 bits per heavy atom. The smallest absolute Gasteiger partial charge is 0.145 e. The normalized spacial score (nSPS) is 13.1. The van der Waals surface area contributed by atoms with Gasteiger partial charge in [0.05, 0.1) is 12.3 Å². The number of ether oxygens (including phenoxy) is 1. The molecule has 1 aromatic carbocycles. The molecule has 0 radical (unpaired) electrons. The van der Waals surface area contributed by atoms with Crippen molar-refractivity contribution in [3.63, 3.8) is 0 Å². The maximum Gasteiger partial charge on any atom is 0.145 e. The fourth-order valence-corrected chi connectivity index (χ4v) is 1.55. The van der Waals surface area contributed by atoms with E-state index in [1.807, 2.05) is 6.07 Å². The first-order chi connectivity index (χ1) is 5.27. The summed E-state index contributed by atoms with van der Waals surface area (Å²) in [5, 5.41) is 0.687. The van der Waals surface area contributed by atoms with E-state index < -0.39 is 0 Å². The lowest BCUT2D eigenvalue weighted by Gasteiger charge is -2.02. The molecule has 12 heavy (non-hydrogen) atoms. The molecule has 66 valence electrons. The van der Waals surface area contributed by atoms with E-state index >= 15 is 0 Å². The Kier molecular flexibility index (Phi) is 2.70. The summed E-state index contributed by atoms with van der Waals surface area (Å²) in [6.07, 6.45) is 0.917. The molecule has 1 heterocycles.